The van der Waals surface area contributed by atoms with E-state index in [-0.39, 0.29) is 24.3 Å². The maximum atomic E-state index is 13.3. The molecular formula is C22H25N3O5. The summed E-state index contributed by atoms with van der Waals surface area (Å²) >= 11 is 0. The molecule has 8 heteroatoms. The van der Waals surface area contributed by atoms with Crippen molar-refractivity contribution in [2.45, 2.75) is 24.3 Å². The Labute approximate surface area is 174 Å². The van der Waals surface area contributed by atoms with Gasteiger partial charge in [0.05, 0.1) is 25.0 Å². The fourth-order valence-electron chi connectivity index (χ4n) is 4.80. The molecule has 158 valence electrons. The molecule has 1 aromatic rings. The summed E-state index contributed by atoms with van der Waals surface area (Å²) in [6, 6.07) is 6.48. The van der Waals surface area contributed by atoms with Gasteiger partial charge >= 0.3 is 0 Å². The van der Waals surface area contributed by atoms with E-state index in [0.717, 1.165) is 11.3 Å². The number of amides is 3. The second kappa shape index (κ2) is 7.60. The van der Waals surface area contributed by atoms with E-state index in [2.05, 4.69) is 17.2 Å². The molecule has 0 saturated carbocycles. The number of ether oxygens (including phenoxy) is 2. The van der Waals surface area contributed by atoms with Gasteiger partial charge in [-0.3, -0.25) is 14.4 Å². The molecule has 2 bridgehead atoms. The Morgan fingerprint density at radius 3 is 2.67 bits per heavy atom. The number of nitrogens with one attached hydrogen (secondary N) is 2. The van der Waals surface area contributed by atoms with E-state index in [1.165, 1.54) is 11.9 Å². The van der Waals surface area contributed by atoms with Crippen LogP contribution >= 0.6 is 0 Å². The first-order valence-electron chi connectivity index (χ1n) is 9.87. The van der Waals surface area contributed by atoms with Crippen LogP contribution in [-0.4, -0.2) is 61.1 Å². The molecule has 0 aliphatic carbocycles. The van der Waals surface area contributed by atoms with Gasteiger partial charge in [-0.2, -0.15) is 0 Å². The van der Waals surface area contributed by atoms with Crippen molar-refractivity contribution in [2.24, 2.45) is 11.8 Å². The Morgan fingerprint density at radius 2 is 2.03 bits per heavy atom. The summed E-state index contributed by atoms with van der Waals surface area (Å²) in [7, 11) is 3.12. The van der Waals surface area contributed by atoms with Gasteiger partial charge in [-0.25, -0.2) is 0 Å². The highest BCUT2D eigenvalue weighted by atomic mass is 16.5. The van der Waals surface area contributed by atoms with E-state index >= 15 is 0 Å². The Morgan fingerprint density at radius 1 is 1.30 bits per heavy atom. The molecule has 0 aromatic heterocycles. The van der Waals surface area contributed by atoms with Crippen molar-refractivity contribution < 1.29 is 23.9 Å². The number of methoxy groups -OCH3 is 1. The van der Waals surface area contributed by atoms with Gasteiger partial charge in [0, 0.05) is 20.1 Å². The number of carbonyl (C=O) groups excluding carboxylic acids is 3. The molecule has 3 aliphatic rings. The lowest BCUT2D eigenvalue weighted by atomic mass is 9.74. The van der Waals surface area contributed by atoms with Gasteiger partial charge in [0.25, 0.3) is 0 Å². The van der Waals surface area contributed by atoms with Crippen molar-refractivity contribution in [1.29, 1.82) is 0 Å². The molecular weight excluding hydrogens is 386 g/mol. The third-order valence-electron chi connectivity index (χ3n) is 6.12. The number of carbonyl (C=O) groups is 3. The number of benzene rings is 1. The quantitative estimate of drug-likeness (QED) is 0.633. The van der Waals surface area contributed by atoms with E-state index in [4.69, 9.17) is 9.47 Å². The highest BCUT2D eigenvalue weighted by Crippen LogP contribution is 2.54. The van der Waals surface area contributed by atoms with Crippen LogP contribution < -0.4 is 15.4 Å². The van der Waals surface area contributed by atoms with Crippen molar-refractivity contribution in [2.75, 3.05) is 20.7 Å². The van der Waals surface area contributed by atoms with Crippen LogP contribution in [0.1, 0.15) is 5.56 Å². The average molecular weight is 411 g/mol. The molecule has 3 amide bonds. The zero-order valence-electron chi connectivity index (χ0n) is 17.0. The van der Waals surface area contributed by atoms with Crippen molar-refractivity contribution in [3.8, 4) is 5.75 Å². The molecule has 0 unspecified atom stereocenters. The summed E-state index contributed by atoms with van der Waals surface area (Å²) in [6.07, 6.45) is 4.62. The summed E-state index contributed by atoms with van der Waals surface area (Å²) in [5.74, 6) is -1.51. The molecule has 8 nitrogen and oxygen atoms in total. The average Bonchev–Trinajstić information content (AvgIpc) is 3.40. The monoisotopic (exact) mass is 411 g/mol. The smallest absolute Gasteiger partial charge is 0.246 e. The minimum Gasteiger partial charge on any atom is -0.497 e. The van der Waals surface area contributed by atoms with Crippen LogP contribution in [0.2, 0.25) is 0 Å². The van der Waals surface area contributed by atoms with Gasteiger partial charge in [0.15, 0.2) is 0 Å². The molecule has 1 spiro atoms. The topological polar surface area (TPSA) is 97.0 Å². The fraction of sp³-hybridized carbons (Fsp3) is 0.409. The zero-order valence-corrected chi connectivity index (χ0v) is 17.0. The number of hydrogen-bond acceptors (Lipinski definition) is 5. The summed E-state index contributed by atoms with van der Waals surface area (Å²) in [4.78, 5) is 40.4. The third kappa shape index (κ3) is 2.90. The van der Waals surface area contributed by atoms with E-state index < -0.39 is 29.6 Å². The van der Waals surface area contributed by atoms with Crippen molar-refractivity contribution in [3.05, 3.63) is 54.6 Å². The first-order valence-corrected chi connectivity index (χ1v) is 9.87. The van der Waals surface area contributed by atoms with Gasteiger partial charge < -0.3 is 25.0 Å². The fourth-order valence-corrected chi connectivity index (χ4v) is 4.80. The van der Waals surface area contributed by atoms with Crippen LogP contribution in [0.3, 0.4) is 0 Å². The minimum atomic E-state index is -1.15. The van der Waals surface area contributed by atoms with E-state index in [9.17, 15) is 14.4 Å². The summed E-state index contributed by atoms with van der Waals surface area (Å²) in [5.41, 5.74) is -0.250. The van der Waals surface area contributed by atoms with Gasteiger partial charge in [-0.05, 0) is 17.7 Å². The SMILES string of the molecule is C=CCN1C(=O)[C@@H]2[C@H](C(=O)NC)[C@@H]3C=C[C@@]2(O3)[C@H]1C(=O)NCc1ccc(OC)cc1. The van der Waals surface area contributed by atoms with Crippen molar-refractivity contribution >= 4 is 17.7 Å². The van der Waals surface area contributed by atoms with Crippen LogP contribution in [0.5, 0.6) is 5.75 Å². The number of rotatable bonds is 7. The molecule has 2 N–H and O–H groups in total. The largest absolute Gasteiger partial charge is 0.497 e. The first-order chi connectivity index (χ1) is 14.5. The summed E-state index contributed by atoms with van der Waals surface area (Å²) in [6.45, 7) is 4.20. The van der Waals surface area contributed by atoms with Crippen LogP contribution in [0.25, 0.3) is 0 Å². The van der Waals surface area contributed by atoms with E-state index in [1.54, 1.807) is 25.3 Å². The highest BCUT2D eigenvalue weighted by molar-refractivity contribution is 5.99. The predicted octanol–water partition coefficient (Wildman–Crippen LogP) is 0.394. The molecule has 4 rings (SSSR count). The standard InChI is InChI=1S/C22H25N3O5/c1-4-11-25-18(20(27)24-12-13-5-7-14(29-3)8-6-13)22-10-9-15(30-22)16(19(26)23-2)17(22)21(25)28/h4-10,15-18H,1,11-12H2,2-3H3,(H,23,26)(H,24,27)/t15-,16+,17-,18+,22-/m0/s1. The molecule has 2 saturated heterocycles. The van der Waals surface area contributed by atoms with Gasteiger partial charge in [-0.15, -0.1) is 6.58 Å². The van der Waals surface area contributed by atoms with Crippen molar-refractivity contribution in [3.63, 3.8) is 0 Å². The van der Waals surface area contributed by atoms with Crippen LogP contribution in [0, 0.1) is 11.8 Å². The number of hydrogen-bond donors (Lipinski definition) is 2. The van der Waals surface area contributed by atoms with E-state index in [0.29, 0.717) is 6.54 Å². The third-order valence-corrected chi connectivity index (χ3v) is 6.12. The number of fused-ring (bicyclic) bond motifs is 1. The lowest BCUT2D eigenvalue weighted by molar-refractivity contribution is -0.141. The Kier molecular flexibility index (Phi) is 5.11. The minimum absolute atomic E-state index is 0.194. The summed E-state index contributed by atoms with van der Waals surface area (Å²) < 4.78 is 11.3. The predicted molar refractivity (Wildman–Crippen MR) is 108 cm³/mol. The highest BCUT2D eigenvalue weighted by Gasteiger charge is 2.72. The number of likely N-dealkylation sites (tertiary alicyclic amines) is 1. The second-order valence-electron chi connectivity index (χ2n) is 7.66. The lowest BCUT2D eigenvalue weighted by Gasteiger charge is -2.31. The molecule has 30 heavy (non-hydrogen) atoms. The van der Waals surface area contributed by atoms with Gasteiger partial charge in [-0.1, -0.05) is 30.4 Å². The molecule has 0 radical (unpaired) electrons. The molecule has 1 aromatic carbocycles. The number of nitrogens with zero attached hydrogens (tertiary/aromatic N) is 1. The van der Waals surface area contributed by atoms with Crippen LogP contribution in [0.4, 0.5) is 0 Å². The lowest BCUT2D eigenvalue weighted by Crippen LogP contribution is -2.54. The molecule has 3 aliphatic heterocycles. The Balaban J connectivity index is 1.59. The van der Waals surface area contributed by atoms with Gasteiger partial charge in [0.2, 0.25) is 17.7 Å². The maximum absolute atomic E-state index is 13.3. The first kappa shape index (κ1) is 20.2. The Hall–Kier alpha value is -3.13. The zero-order chi connectivity index (χ0) is 21.5. The van der Waals surface area contributed by atoms with E-state index in [1.807, 2.05) is 24.3 Å². The summed E-state index contributed by atoms with van der Waals surface area (Å²) in [5, 5.41) is 5.53. The van der Waals surface area contributed by atoms with Gasteiger partial charge in [0.1, 0.15) is 17.4 Å². The van der Waals surface area contributed by atoms with Crippen LogP contribution in [0.15, 0.2) is 49.1 Å². The normalized spacial score (nSPS) is 30.9. The van der Waals surface area contributed by atoms with Crippen molar-refractivity contribution in [1.82, 2.24) is 15.5 Å². The Bertz CT molecular complexity index is 912. The maximum Gasteiger partial charge on any atom is 0.246 e. The van der Waals surface area contributed by atoms with Crippen LogP contribution in [-0.2, 0) is 25.7 Å². The molecule has 3 heterocycles. The molecule has 2 fully saturated rings. The second-order valence-corrected chi connectivity index (χ2v) is 7.66. The molecule has 5 atom stereocenters.